The molecule has 2 N–H and O–H groups in total. The lowest BCUT2D eigenvalue weighted by molar-refractivity contribution is 0.571. The van der Waals surface area contributed by atoms with Gasteiger partial charge in [-0.05, 0) is 37.5 Å². The molecule has 0 amide bonds. The van der Waals surface area contributed by atoms with Gasteiger partial charge in [0, 0.05) is 36.7 Å². The van der Waals surface area contributed by atoms with Crippen molar-refractivity contribution in [1.29, 1.82) is 0 Å². The van der Waals surface area contributed by atoms with Crippen molar-refractivity contribution < 1.29 is 0 Å². The van der Waals surface area contributed by atoms with Crippen LogP contribution in [0, 0.1) is 13.8 Å². The predicted molar refractivity (Wildman–Crippen MR) is 85.1 cm³/mol. The second-order valence-corrected chi connectivity index (χ2v) is 5.48. The Morgan fingerprint density at radius 3 is 2.62 bits per heavy atom. The van der Waals surface area contributed by atoms with E-state index in [1.165, 1.54) is 16.7 Å². The fourth-order valence-corrected chi connectivity index (χ4v) is 2.91. The largest absolute Gasteiger partial charge is 0.344 e. The van der Waals surface area contributed by atoms with E-state index in [2.05, 4.69) is 59.2 Å². The Morgan fingerprint density at radius 2 is 1.86 bits per heavy atom. The van der Waals surface area contributed by atoms with Crippen molar-refractivity contribution in [3.63, 3.8) is 0 Å². The van der Waals surface area contributed by atoms with Gasteiger partial charge in [0.05, 0.1) is 0 Å². The van der Waals surface area contributed by atoms with Gasteiger partial charge in [0.2, 0.25) is 0 Å². The summed E-state index contributed by atoms with van der Waals surface area (Å²) in [6, 6.07) is 6.73. The van der Waals surface area contributed by atoms with Crippen LogP contribution in [0.15, 0.2) is 36.8 Å². The van der Waals surface area contributed by atoms with Crippen LogP contribution in [0.1, 0.15) is 35.2 Å². The van der Waals surface area contributed by atoms with E-state index in [-0.39, 0.29) is 0 Å². The molecule has 0 saturated heterocycles. The van der Waals surface area contributed by atoms with Gasteiger partial charge in [-0.3, -0.25) is 4.98 Å². The molecular formula is C17H20N4. The summed E-state index contributed by atoms with van der Waals surface area (Å²) < 4.78 is 0. The zero-order valence-corrected chi connectivity index (χ0v) is 12.6. The lowest BCUT2D eigenvalue weighted by Crippen LogP contribution is -2.19. The van der Waals surface area contributed by atoms with E-state index >= 15 is 0 Å². The first-order valence-electron chi connectivity index (χ1n) is 7.23. The Morgan fingerprint density at radius 1 is 1.14 bits per heavy atom. The first-order chi connectivity index (χ1) is 10.2. The summed E-state index contributed by atoms with van der Waals surface area (Å²) >= 11 is 0. The smallest absolute Gasteiger partial charge is 0.156 e. The molecular weight excluding hydrogens is 260 g/mol. The zero-order chi connectivity index (χ0) is 14.8. The molecule has 0 bridgehead atoms. The number of nitrogens with one attached hydrogen (secondary N) is 2. The third-order valence-electron chi connectivity index (χ3n) is 3.96. The Bertz CT molecular complexity index is 740. The molecule has 1 unspecified atom stereocenters. The molecule has 4 nitrogen and oxygen atoms in total. The molecule has 3 aromatic rings. The van der Waals surface area contributed by atoms with Gasteiger partial charge in [-0.15, -0.1) is 0 Å². The van der Waals surface area contributed by atoms with E-state index < -0.39 is 0 Å². The predicted octanol–water partition coefficient (Wildman–Crippen LogP) is 3.43. The van der Waals surface area contributed by atoms with Gasteiger partial charge in [-0.25, -0.2) is 4.98 Å². The van der Waals surface area contributed by atoms with Crippen LogP contribution < -0.4 is 5.32 Å². The van der Waals surface area contributed by atoms with Gasteiger partial charge < -0.3 is 10.3 Å². The van der Waals surface area contributed by atoms with Crippen molar-refractivity contribution in [2.45, 2.75) is 33.4 Å². The maximum Gasteiger partial charge on any atom is 0.156 e. The number of benzene rings is 1. The molecule has 0 spiro atoms. The van der Waals surface area contributed by atoms with Crippen LogP contribution in [0.3, 0.4) is 0 Å². The summed E-state index contributed by atoms with van der Waals surface area (Å²) in [5.41, 5.74) is 6.97. The maximum atomic E-state index is 4.39. The van der Waals surface area contributed by atoms with Crippen molar-refractivity contribution in [2.75, 3.05) is 0 Å². The standard InChI is InChI=1S/C17H20N4/c1-11-5-4-6-12(2)15(11)13(3)20-9-14-10-21-17-16(14)18-7-8-19-17/h4-8,10,13,20H,9H2,1-3H3,(H,19,21). The van der Waals surface area contributed by atoms with Crippen LogP contribution in [0.25, 0.3) is 11.2 Å². The SMILES string of the molecule is Cc1cccc(C)c1C(C)NCc1c[nH]c2nccnc12. The van der Waals surface area contributed by atoms with Gasteiger partial charge >= 0.3 is 0 Å². The van der Waals surface area contributed by atoms with Gasteiger partial charge in [-0.1, -0.05) is 18.2 Å². The molecule has 0 saturated carbocycles. The highest BCUT2D eigenvalue weighted by Crippen LogP contribution is 2.22. The Hall–Kier alpha value is -2.20. The van der Waals surface area contributed by atoms with Crippen molar-refractivity contribution >= 4 is 11.2 Å². The number of rotatable bonds is 4. The maximum absolute atomic E-state index is 4.39. The number of aromatic nitrogens is 3. The summed E-state index contributed by atoms with van der Waals surface area (Å²) in [5.74, 6) is 0. The molecule has 108 valence electrons. The van der Waals surface area contributed by atoms with Crippen molar-refractivity contribution in [1.82, 2.24) is 20.3 Å². The van der Waals surface area contributed by atoms with Crippen LogP contribution >= 0.6 is 0 Å². The number of aryl methyl sites for hydroxylation is 2. The zero-order valence-electron chi connectivity index (χ0n) is 12.6. The highest BCUT2D eigenvalue weighted by atomic mass is 14.9. The summed E-state index contributed by atoms with van der Waals surface area (Å²) in [6.45, 7) is 7.30. The van der Waals surface area contributed by atoms with Gasteiger partial charge in [0.1, 0.15) is 5.52 Å². The van der Waals surface area contributed by atoms with Crippen LogP contribution in [0.2, 0.25) is 0 Å². The number of H-pyrrole nitrogens is 1. The quantitative estimate of drug-likeness (QED) is 0.770. The van der Waals surface area contributed by atoms with Crippen LogP contribution in [0.5, 0.6) is 0 Å². The summed E-state index contributed by atoms with van der Waals surface area (Å²) in [4.78, 5) is 11.8. The van der Waals surface area contributed by atoms with Crippen LogP contribution in [-0.4, -0.2) is 15.0 Å². The van der Waals surface area contributed by atoms with E-state index in [1.807, 2.05) is 6.20 Å². The van der Waals surface area contributed by atoms with Crippen LogP contribution in [0.4, 0.5) is 0 Å². The molecule has 3 rings (SSSR count). The number of hydrogen-bond donors (Lipinski definition) is 2. The molecule has 4 heteroatoms. The molecule has 2 aromatic heterocycles. The average Bonchev–Trinajstić information content (AvgIpc) is 2.88. The average molecular weight is 280 g/mol. The Balaban J connectivity index is 1.78. The fraction of sp³-hybridized carbons (Fsp3) is 0.294. The molecule has 0 fully saturated rings. The normalized spacial score (nSPS) is 12.7. The van der Waals surface area contributed by atoms with Gasteiger partial charge in [0.15, 0.2) is 5.65 Å². The monoisotopic (exact) mass is 280 g/mol. The van der Waals surface area contributed by atoms with E-state index in [0.717, 1.165) is 23.3 Å². The van der Waals surface area contributed by atoms with Crippen molar-refractivity contribution in [2.24, 2.45) is 0 Å². The first-order valence-corrected chi connectivity index (χ1v) is 7.23. The molecule has 1 aromatic carbocycles. The number of fused-ring (bicyclic) bond motifs is 1. The molecule has 0 aliphatic rings. The van der Waals surface area contributed by atoms with Crippen molar-refractivity contribution in [3.05, 3.63) is 59.0 Å². The summed E-state index contributed by atoms with van der Waals surface area (Å²) in [6.07, 6.45) is 5.42. The topological polar surface area (TPSA) is 53.6 Å². The molecule has 21 heavy (non-hydrogen) atoms. The van der Waals surface area contributed by atoms with Crippen molar-refractivity contribution in [3.8, 4) is 0 Å². The first kappa shape index (κ1) is 13.8. The Kier molecular flexibility index (Phi) is 3.71. The third kappa shape index (κ3) is 2.67. The lowest BCUT2D eigenvalue weighted by atomic mass is 9.97. The molecule has 0 radical (unpaired) electrons. The third-order valence-corrected chi connectivity index (χ3v) is 3.96. The van der Waals surface area contributed by atoms with Gasteiger partial charge in [-0.2, -0.15) is 0 Å². The summed E-state index contributed by atoms with van der Waals surface area (Å²) in [7, 11) is 0. The molecule has 2 heterocycles. The second kappa shape index (κ2) is 5.66. The number of aromatic amines is 1. The minimum atomic E-state index is 0.299. The van der Waals surface area contributed by atoms with E-state index in [9.17, 15) is 0 Å². The molecule has 0 aliphatic carbocycles. The fourth-order valence-electron chi connectivity index (χ4n) is 2.91. The Labute approximate surface area is 124 Å². The van der Waals surface area contributed by atoms with Crippen LogP contribution in [-0.2, 0) is 6.54 Å². The van der Waals surface area contributed by atoms with E-state index in [0.29, 0.717) is 6.04 Å². The highest BCUT2D eigenvalue weighted by Gasteiger charge is 2.12. The summed E-state index contributed by atoms with van der Waals surface area (Å²) in [5, 5.41) is 3.59. The lowest BCUT2D eigenvalue weighted by Gasteiger charge is -2.18. The minimum absolute atomic E-state index is 0.299. The highest BCUT2D eigenvalue weighted by molar-refractivity contribution is 5.74. The molecule has 0 aliphatic heterocycles. The number of hydrogen-bond acceptors (Lipinski definition) is 3. The minimum Gasteiger partial charge on any atom is -0.344 e. The van der Waals surface area contributed by atoms with Gasteiger partial charge in [0.25, 0.3) is 0 Å². The molecule has 1 atom stereocenters. The van der Waals surface area contributed by atoms with E-state index in [4.69, 9.17) is 0 Å². The van der Waals surface area contributed by atoms with E-state index in [1.54, 1.807) is 12.4 Å². The second-order valence-electron chi connectivity index (χ2n) is 5.48. The number of nitrogens with zero attached hydrogens (tertiary/aromatic N) is 2.